The third-order valence-electron chi connectivity index (χ3n) is 4.43. The Bertz CT molecular complexity index is 447. The van der Waals surface area contributed by atoms with Crippen LogP contribution in [0.1, 0.15) is 54.4 Å². The van der Waals surface area contributed by atoms with E-state index in [-0.39, 0.29) is 5.54 Å². The molecule has 100 valence electrons. The molecule has 3 N–H and O–H groups in total. The predicted molar refractivity (Wildman–Crippen MR) is 79.0 cm³/mol. The molecule has 0 radical (unpaired) electrons. The highest BCUT2D eigenvalue weighted by Crippen LogP contribution is 2.45. The number of benzene rings is 1. The quantitative estimate of drug-likeness (QED) is 0.816. The molecule has 0 aromatic heterocycles. The van der Waals surface area contributed by atoms with E-state index in [9.17, 15) is 5.11 Å². The Morgan fingerprint density at radius 3 is 2.11 bits per heavy atom. The molecule has 1 aliphatic carbocycles. The maximum atomic E-state index is 10.5. The Morgan fingerprint density at radius 2 is 1.56 bits per heavy atom. The Morgan fingerprint density at radius 1 is 1.00 bits per heavy atom. The minimum atomic E-state index is -0.354. The molecule has 0 aliphatic heterocycles. The molecule has 3 heteroatoms. The van der Waals surface area contributed by atoms with E-state index in [1.54, 1.807) is 0 Å². The van der Waals surface area contributed by atoms with Crippen LogP contribution in [0.3, 0.4) is 0 Å². The van der Waals surface area contributed by atoms with Gasteiger partial charge in [-0.15, -0.1) is 0 Å². The van der Waals surface area contributed by atoms with Gasteiger partial charge in [0.05, 0.1) is 0 Å². The molecular formula is C15H22BrNO. The zero-order chi connectivity index (χ0) is 13.5. The molecule has 1 saturated carbocycles. The molecule has 1 fully saturated rings. The van der Waals surface area contributed by atoms with E-state index in [0.29, 0.717) is 5.75 Å². The summed E-state index contributed by atoms with van der Waals surface area (Å²) in [5.74, 6) is 0.401. The lowest BCUT2D eigenvalue weighted by atomic mass is 9.74. The van der Waals surface area contributed by atoms with E-state index in [0.717, 1.165) is 52.4 Å². The van der Waals surface area contributed by atoms with Gasteiger partial charge in [0, 0.05) is 15.6 Å². The SMILES string of the molecule is Cc1c(C)c(Br)c(C)c(C2(N)CCCCC2)c1O. The van der Waals surface area contributed by atoms with Crippen molar-refractivity contribution >= 4 is 15.9 Å². The number of hydrogen-bond acceptors (Lipinski definition) is 2. The lowest BCUT2D eigenvalue weighted by Crippen LogP contribution is -2.39. The van der Waals surface area contributed by atoms with Crippen LogP contribution in [-0.4, -0.2) is 5.11 Å². The third-order valence-corrected chi connectivity index (χ3v) is 5.62. The molecule has 0 spiro atoms. The maximum absolute atomic E-state index is 10.5. The number of phenols is 1. The van der Waals surface area contributed by atoms with Gasteiger partial charge in [-0.1, -0.05) is 35.2 Å². The number of hydrogen-bond donors (Lipinski definition) is 2. The number of nitrogens with two attached hydrogens (primary N) is 1. The van der Waals surface area contributed by atoms with Gasteiger partial charge in [-0.25, -0.2) is 0 Å². The first kappa shape index (κ1) is 13.9. The highest BCUT2D eigenvalue weighted by molar-refractivity contribution is 9.10. The third kappa shape index (κ3) is 2.08. The summed E-state index contributed by atoms with van der Waals surface area (Å²) < 4.78 is 1.09. The predicted octanol–water partition coefficient (Wildman–Crippen LogP) is 4.20. The van der Waals surface area contributed by atoms with Gasteiger partial charge in [0.2, 0.25) is 0 Å². The summed E-state index contributed by atoms with van der Waals surface area (Å²) >= 11 is 3.64. The van der Waals surface area contributed by atoms with Crippen molar-refractivity contribution in [3.63, 3.8) is 0 Å². The normalized spacial score (nSPS) is 18.9. The number of halogens is 1. The minimum absolute atomic E-state index is 0.354. The van der Waals surface area contributed by atoms with Crippen molar-refractivity contribution in [1.29, 1.82) is 0 Å². The molecule has 0 bridgehead atoms. The van der Waals surface area contributed by atoms with E-state index in [4.69, 9.17) is 5.73 Å². The van der Waals surface area contributed by atoms with Crippen molar-refractivity contribution in [2.75, 3.05) is 0 Å². The molecule has 2 nitrogen and oxygen atoms in total. The Balaban J connectivity index is 2.63. The first-order valence-electron chi connectivity index (χ1n) is 6.66. The topological polar surface area (TPSA) is 46.2 Å². The summed E-state index contributed by atoms with van der Waals surface area (Å²) in [6.45, 7) is 6.04. The van der Waals surface area contributed by atoms with Crippen molar-refractivity contribution in [2.24, 2.45) is 5.73 Å². The van der Waals surface area contributed by atoms with E-state index in [2.05, 4.69) is 22.9 Å². The molecule has 0 amide bonds. The fourth-order valence-electron chi connectivity index (χ4n) is 3.14. The van der Waals surface area contributed by atoms with E-state index < -0.39 is 0 Å². The molecule has 18 heavy (non-hydrogen) atoms. The average molecular weight is 312 g/mol. The molecule has 0 heterocycles. The van der Waals surface area contributed by atoms with Gasteiger partial charge in [0.1, 0.15) is 5.75 Å². The van der Waals surface area contributed by atoms with Crippen LogP contribution < -0.4 is 5.73 Å². The van der Waals surface area contributed by atoms with E-state index in [1.807, 2.05) is 13.8 Å². The summed E-state index contributed by atoms with van der Waals surface area (Å²) in [5.41, 5.74) is 10.3. The summed E-state index contributed by atoms with van der Waals surface area (Å²) in [6, 6.07) is 0. The first-order valence-corrected chi connectivity index (χ1v) is 7.45. The van der Waals surface area contributed by atoms with Crippen LogP contribution in [0.15, 0.2) is 4.47 Å². The fourth-order valence-corrected chi connectivity index (χ4v) is 3.64. The van der Waals surface area contributed by atoms with Crippen LogP contribution >= 0.6 is 15.9 Å². The molecule has 0 atom stereocenters. The first-order chi connectivity index (χ1) is 8.38. The molecule has 0 unspecified atom stereocenters. The Labute approximate surface area is 118 Å². The lowest BCUT2D eigenvalue weighted by Gasteiger charge is -2.36. The minimum Gasteiger partial charge on any atom is -0.507 e. The van der Waals surface area contributed by atoms with E-state index >= 15 is 0 Å². The van der Waals surface area contributed by atoms with Gasteiger partial charge in [0.25, 0.3) is 0 Å². The van der Waals surface area contributed by atoms with Gasteiger partial charge < -0.3 is 10.8 Å². The van der Waals surface area contributed by atoms with Gasteiger partial charge >= 0.3 is 0 Å². The molecule has 1 aromatic rings. The van der Waals surface area contributed by atoms with Crippen LogP contribution in [0.4, 0.5) is 0 Å². The monoisotopic (exact) mass is 311 g/mol. The second kappa shape index (κ2) is 4.86. The van der Waals surface area contributed by atoms with Gasteiger partial charge in [0.15, 0.2) is 0 Å². The summed E-state index contributed by atoms with van der Waals surface area (Å²) in [4.78, 5) is 0. The molecule has 0 saturated heterocycles. The van der Waals surface area contributed by atoms with Crippen molar-refractivity contribution in [3.05, 3.63) is 26.7 Å². The Hall–Kier alpha value is -0.540. The van der Waals surface area contributed by atoms with Crippen molar-refractivity contribution in [1.82, 2.24) is 0 Å². The van der Waals surface area contributed by atoms with Crippen LogP contribution in [0, 0.1) is 20.8 Å². The van der Waals surface area contributed by atoms with E-state index in [1.165, 1.54) is 6.42 Å². The summed E-state index contributed by atoms with van der Waals surface area (Å²) in [7, 11) is 0. The van der Waals surface area contributed by atoms with Crippen molar-refractivity contribution < 1.29 is 5.11 Å². The average Bonchev–Trinajstić information content (AvgIpc) is 2.35. The molecular weight excluding hydrogens is 290 g/mol. The second-order valence-electron chi connectivity index (χ2n) is 5.63. The molecule has 1 aliphatic rings. The number of aromatic hydroxyl groups is 1. The smallest absolute Gasteiger partial charge is 0.124 e. The highest BCUT2D eigenvalue weighted by Gasteiger charge is 2.34. The van der Waals surface area contributed by atoms with Gasteiger partial charge in [-0.05, 0) is 50.3 Å². The maximum Gasteiger partial charge on any atom is 0.124 e. The zero-order valence-corrected chi connectivity index (χ0v) is 13.0. The van der Waals surface area contributed by atoms with Crippen LogP contribution in [0.25, 0.3) is 0 Å². The number of phenolic OH excluding ortho intramolecular Hbond substituents is 1. The summed E-state index contributed by atoms with van der Waals surface area (Å²) in [5, 5.41) is 10.5. The molecule has 1 aromatic carbocycles. The largest absolute Gasteiger partial charge is 0.507 e. The lowest BCUT2D eigenvalue weighted by molar-refractivity contribution is 0.290. The molecule has 2 rings (SSSR count). The van der Waals surface area contributed by atoms with Crippen molar-refractivity contribution in [3.8, 4) is 5.75 Å². The fraction of sp³-hybridized carbons (Fsp3) is 0.600. The van der Waals surface area contributed by atoms with Crippen LogP contribution in [-0.2, 0) is 5.54 Å². The standard InChI is InChI=1S/C15H22BrNO/c1-9-10(2)14(18)12(11(3)13(9)16)15(17)7-5-4-6-8-15/h18H,4-8,17H2,1-3H3. The van der Waals surface area contributed by atoms with Crippen LogP contribution in [0.2, 0.25) is 0 Å². The second-order valence-corrected chi connectivity index (χ2v) is 6.42. The number of rotatable bonds is 1. The van der Waals surface area contributed by atoms with Crippen LogP contribution in [0.5, 0.6) is 5.75 Å². The van der Waals surface area contributed by atoms with Gasteiger partial charge in [-0.2, -0.15) is 0 Å². The zero-order valence-electron chi connectivity index (χ0n) is 11.4. The van der Waals surface area contributed by atoms with Gasteiger partial charge in [-0.3, -0.25) is 0 Å². The summed E-state index contributed by atoms with van der Waals surface area (Å²) in [6.07, 6.45) is 5.50. The highest BCUT2D eigenvalue weighted by atomic mass is 79.9. The Kier molecular flexibility index (Phi) is 3.75. The van der Waals surface area contributed by atoms with Crippen molar-refractivity contribution in [2.45, 2.75) is 58.4 Å².